The average molecular weight is 274 g/mol. The number of allylic oxidation sites excluding steroid dienone is 7. The molecule has 3 nitrogen and oxygen atoms in total. The molecule has 0 spiro atoms. The Morgan fingerprint density at radius 2 is 1.85 bits per heavy atom. The molecule has 1 aliphatic rings. The highest BCUT2D eigenvalue weighted by molar-refractivity contribution is 6.19. The van der Waals surface area contributed by atoms with Crippen LogP contribution >= 0.6 is 0 Å². The maximum Gasteiger partial charge on any atom is 0.224 e. The Labute approximate surface area is 120 Å². The van der Waals surface area contributed by atoms with Gasteiger partial charge in [0, 0.05) is 11.6 Å². The predicted molar refractivity (Wildman–Crippen MR) is 80.2 cm³/mol. The Morgan fingerprint density at radius 1 is 1.15 bits per heavy atom. The first-order valence-corrected chi connectivity index (χ1v) is 6.78. The first kappa shape index (κ1) is 16.2. The fourth-order valence-corrected chi connectivity index (χ4v) is 1.91. The first-order chi connectivity index (χ1) is 9.43. The van der Waals surface area contributed by atoms with E-state index >= 15 is 0 Å². The summed E-state index contributed by atoms with van der Waals surface area (Å²) in [5, 5.41) is 0. The van der Waals surface area contributed by atoms with E-state index in [0.717, 1.165) is 12.8 Å². The smallest absolute Gasteiger partial charge is 0.224 e. The van der Waals surface area contributed by atoms with Gasteiger partial charge in [0.1, 0.15) is 0 Å². The minimum Gasteiger partial charge on any atom is -0.493 e. The van der Waals surface area contributed by atoms with Crippen LogP contribution in [0.25, 0.3) is 0 Å². The van der Waals surface area contributed by atoms with Crippen molar-refractivity contribution in [3.63, 3.8) is 0 Å². The summed E-state index contributed by atoms with van der Waals surface area (Å²) in [5.74, 6) is -0.254. The molecule has 20 heavy (non-hydrogen) atoms. The van der Waals surface area contributed by atoms with Gasteiger partial charge in [0.15, 0.2) is 11.5 Å². The van der Waals surface area contributed by atoms with E-state index in [0.29, 0.717) is 12.0 Å². The van der Waals surface area contributed by atoms with E-state index in [1.54, 1.807) is 0 Å². The van der Waals surface area contributed by atoms with Crippen LogP contribution in [0.1, 0.15) is 40.0 Å². The van der Waals surface area contributed by atoms with Gasteiger partial charge in [-0.15, -0.1) is 0 Å². The molecule has 108 valence electrons. The zero-order valence-corrected chi connectivity index (χ0v) is 12.7. The van der Waals surface area contributed by atoms with E-state index in [4.69, 9.17) is 4.74 Å². The van der Waals surface area contributed by atoms with E-state index in [1.807, 2.05) is 13.0 Å². The standard InChI is InChI=1S/C17H22O3/c1-12(2)6-5-7-13(3)8-9-14-10-15(18)11-16(20-4)17(14)19/h6,8,10-11H,5,7,9H2,1-4H3/b13-8-. The molecule has 0 aromatic heterocycles. The van der Waals surface area contributed by atoms with Gasteiger partial charge >= 0.3 is 0 Å². The van der Waals surface area contributed by atoms with E-state index < -0.39 is 0 Å². The summed E-state index contributed by atoms with van der Waals surface area (Å²) in [6.07, 6.45) is 9.27. The second-order valence-corrected chi connectivity index (χ2v) is 5.19. The van der Waals surface area contributed by atoms with Gasteiger partial charge in [-0.25, -0.2) is 0 Å². The summed E-state index contributed by atoms with van der Waals surface area (Å²) < 4.78 is 4.92. The summed E-state index contributed by atoms with van der Waals surface area (Å²) in [6.45, 7) is 6.20. The van der Waals surface area contributed by atoms with Gasteiger partial charge in [0.05, 0.1) is 7.11 Å². The molecule has 0 aliphatic heterocycles. The van der Waals surface area contributed by atoms with Crippen LogP contribution in [-0.2, 0) is 14.3 Å². The second-order valence-electron chi connectivity index (χ2n) is 5.19. The molecule has 0 saturated carbocycles. The molecule has 3 heteroatoms. The van der Waals surface area contributed by atoms with Crippen molar-refractivity contribution < 1.29 is 14.3 Å². The van der Waals surface area contributed by atoms with Crippen molar-refractivity contribution in [1.82, 2.24) is 0 Å². The molecule has 1 rings (SSSR count). The van der Waals surface area contributed by atoms with Crippen LogP contribution < -0.4 is 0 Å². The third-order valence-electron chi connectivity index (χ3n) is 3.09. The molecule has 1 aliphatic carbocycles. The molecule has 0 amide bonds. The first-order valence-electron chi connectivity index (χ1n) is 6.78. The maximum atomic E-state index is 12.0. The van der Waals surface area contributed by atoms with E-state index in [9.17, 15) is 9.59 Å². The Balaban J connectivity index is 2.62. The third-order valence-corrected chi connectivity index (χ3v) is 3.09. The molecule has 0 heterocycles. The number of methoxy groups -OCH3 is 1. The van der Waals surface area contributed by atoms with Gasteiger partial charge in [-0.05, 0) is 46.1 Å². The van der Waals surface area contributed by atoms with E-state index in [2.05, 4.69) is 19.9 Å². The lowest BCUT2D eigenvalue weighted by Gasteiger charge is -2.11. The zero-order chi connectivity index (χ0) is 15.1. The SMILES string of the molecule is COC1=CC(=O)C=C(C/C=C(/C)CCC=C(C)C)C1=O. The van der Waals surface area contributed by atoms with Gasteiger partial charge < -0.3 is 4.74 Å². The second kappa shape index (κ2) is 7.63. The highest BCUT2D eigenvalue weighted by atomic mass is 16.5. The number of hydrogen-bond acceptors (Lipinski definition) is 3. The Kier molecular flexibility index (Phi) is 6.16. The third kappa shape index (κ3) is 5.00. The lowest BCUT2D eigenvalue weighted by Crippen LogP contribution is -2.15. The molecule has 0 fully saturated rings. The number of ether oxygens (including phenoxy) is 1. The van der Waals surface area contributed by atoms with Gasteiger partial charge in [-0.1, -0.05) is 23.3 Å². The van der Waals surface area contributed by atoms with Crippen LogP contribution in [-0.4, -0.2) is 18.7 Å². The van der Waals surface area contributed by atoms with Crippen molar-refractivity contribution >= 4 is 11.6 Å². The normalized spacial score (nSPS) is 15.7. The molecular formula is C17H22O3. The van der Waals surface area contributed by atoms with Crippen molar-refractivity contribution in [3.05, 3.63) is 46.8 Å². The molecular weight excluding hydrogens is 252 g/mol. The minimum absolute atomic E-state index is 0.128. The Bertz CT molecular complexity index is 512. The molecule has 0 N–H and O–H groups in total. The van der Waals surface area contributed by atoms with Crippen LogP contribution in [0.5, 0.6) is 0 Å². The van der Waals surface area contributed by atoms with Crippen molar-refractivity contribution in [1.29, 1.82) is 0 Å². The minimum atomic E-state index is -0.194. The molecule has 0 unspecified atom stereocenters. The largest absolute Gasteiger partial charge is 0.493 e. The van der Waals surface area contributed by atoms with Crippen LogP contribution in [0.2, 0.25) is 0 Å². The van der Waals surface area contributed by atoms with Crippen molar-refractivity contribution in [2.45, 2.75) is 40.0 Å². The lowest BCUT2D eigenvalue weighted by molar-refractivity contribution is -0.117. The van der Waals surface area contributed by atoms with E-state index in [-0.39, 0.29) is 17.3 Å². The number of hydrogen-bond donors (Lipinski definition) is 0. The molecule has 0 aromatic carbocycles. The summed E-state index contributed by atoms with van der Waals surface area (Å²) in [5.41, 5.74) is 3.02. The molecule has 0 saturated heterocycles. The summed E-state index contributed by atoms with van der Waals surface area (Å²) >= 11 is 0. The maximum absolute atomic E-state index is 12.0. The highest BCUT2D eigenvalue weighted by Gasteiger charge is 2.21. The average Bonchev–Trinajstić information content (AvgIpc) is 2.38. The highest BCUT2D eigenvalue weighted by Crippen LogP contribution is 2.18. The van der Waals surface area contributed by atoms with Gasteiger partial charge in [-0.3, -0.25) is 9.59 Å². The molecule has 0 bridgehead atoms. The monoisotopic (exact) mass is 274 g/mol. The van der Waals surface area contributed by atoms with Gasteiger partial charge in [0.2, 0.25) is 5.78 Å². The number of carbonyl (C=O) groups excluding carboxylic acids is 2. The van der Waals surface area contributed by atoms with Crippen molar-refractivity contribution in [2.24, 2.45) is 0 Å². The van der Waals surface area contributed by atoms with Crippen LogP contribution in [0, 0.1) is 0 Å². The number of ketones is 2. The quantitative estimate of drug-likeness (QED) is 0.548. The summed E-state index contributed by atoms with van der Waals surface area (Å²) in [6, 6.07) is 0. The van der Waals surface area contributed by atoms with Gasteiger partial charge in [0.25, 0.3) is 0 Å². The molecule has 0 aromatic rings. The summed E-state index contributed by atoms with van der Waals surface area (Å²) in [7, 11) is 1.40. The predicted octanol–water partition coefficient (Wildman–Crippen LogP) is 3.68. The number of carbonyl (C=O) groups is 2. The fourth-order valence-electron chi connectivity index (χ4n) is 1.91. The summed E-state index contributed by atoms with van der Waals surface area (Å²) in [4.78, 5) is 23.4. The lowest BCUT2D eigenvalue weighted by atomic mass is 9.97. The zero-order valence-electron chi connectivity index (χ0n) is 12.7. The van der Waals surface area contributed by atoms with Crippen LogP contribution in [0.3, 0.4) is 0 Å². The van der Waals surface area contributed by atoms with Crippen LogP contribution in [0.4, 0.5) is 0 Å². The Morgan fingerprint density at radius 3 is 2.45 bits per heavy atom. The van der Waals surface area contributed by atoms with E-state index in [1.165, 1.54) is 30.4 Å². The topological polar surface area (TPSA) is 43.4 Å². The fraction of sp³-hybridized carbons (Fsp3) is 0.412. The number of rotatable bonds is 6. The molecule has 0 atom stereocenters. The van der Waals surface area contributed by atoms with Crippen LogP contribution in [0.15, 0.2) is 46.8 Å². The number of Topliss-reactive ketones (excluding diaryl/α,β-unsaturated/α-hetero) is 1. The Hall–Kier alpha value is -1.90. The van der Waals surface area contributed by atoms with Gasteiger partial charge in [-0.2, -0.15) is 0 Å². The van der Waals surface area contributed by atoms with Crippen molar-refractivity contribution in [2.75, 3.05) is 7.11 Å². The van der Waals surface area contributed by atoms with Crippen molar-refractivity contribution in [3.8, 4) is 0 Å². The molecule has 0 radical (unpaired) electrons.